The molecular formula is C18H22N4O3S. The van der Waals surface area contributed by atoms with Gasteiger partial charge in [-0.15, -0.1) is 0 Å². The Hall–Kier alpha value is -2.32. The van der Waals surface area contributed by atoms with Crippen molar-refractivity contribution in [1.29, 1.82) is 0 Å². The summed E-state index contributed by atoms with van der Waals surface area (Å²) in [5.74, 6) is 1.18. The lowest BCUT2D eigenvalue weighted by Gasteiger charge is -2.17. The zero-order chi connectivity index (χ0) is 18.7. The molecule has 1 N–H and O–H groups in total. The van der Waals surface area contributed by atoms with Crippen LogP contribution < -0.4 is 9.62 Å². The normalized spacial score (nSPS) is 14.6. The van der Waals surface area contributed by atoms with Crippen LogP contribution >= 0.6 is 0 Å². The second-order valence-electron chi connectivity index (χ2n) is 6.38. The summed E-state index contributed by atoms with van der Waals surface area (Å²) in [6.07, 6.45) is 2.28. The first-order valence-electron chi connectivity index (χ1n) is 8.55. The Labute approximate surface area is 153 Å². The van der Waals surface area contributed by atoms with Crippen molar-refractivity contribution >= 4 is 21.6 Å². The Morgan fingerprint density at radius 1 is 1.15 bits per heavy atom. The number of sulfonamides is 1. The van der Waals surface area contributed by atoms with Crippen molar-refractivity contribution in [2.24, 2.45) is 0 Å². The van der Waals surface area contributed by atoms with Crippen LogP contribution in [0.15, 0.2) is 35.2 Å². The molecule has 1 aliphatic rings. The topological polar surface area (TPSA) is 92.3 Å². The molecule has 0 radical (unpaired) electrons. The van der Waals surface area contributed by atoms with E-state index in [1.807, 2.05) is 13.0 Å². The zero-order valence-electron chi connectivity index (χ0n) is 14.9. The Kier molecular flexibility index (Phi) is 5.33. The van der Waals surface area contributed by atoms with Crippen molar-refractivity contribution in [3.8, 4) is 0 Å². The van der Waals surface area contributed by atoms with E-state index in [-0.39, 0.29) is 17.2 Å². The third kappa shape index (κ3) is 4.25. The van der Waals surface area contributed by atoms with Crippen LogP contribution in [0.2, 0.25) is 0 Å². The quantitative estimate of drug-likeness (QED) is 0.778. The van der Waals surface area contributed by atoms with Crippen molar-refractivity contribution < 1.29 is 13.2 Å². The lowest BCUT2D eigenvalue weighted by atomic mass is 10.2. The van der Waals surface area contributed by atoms with Crippen molar-refractivity contribution in [1.82, 2.24) is 14.7 Å². The van der Waals surface area contributed by atoms with Gasteiger partial charge in [-0.05, 0) is 38.8 Å². The van der Waals surface area contributed by atoms with E-state index in [2.05, 4.69) is 19.6 Å². The minimum absolute atomic E-state index is 0.0132. The second-order valence-corrected chi connectivity index (χ2v) is 8.15. The molecule has 0 aliphatic carbocycles. The van der Waals surface area contributed by atoms with Gasteiger partial charge in [-0.3, -0.25) is 4.79 Å². The minimum atomic E-state index is -3.70. The minimum Gasteiger partial charge on any atom is -0.357 e. The summed E-state index contributed by atoms with van der Waals surface area (Å²) in [5, 5.41) is 0. The number of hydrogen-bond donors (Lipinski definition) is 1. The first-order chi connectivity index (χ1) is 12.3. The maximum Gasteiger partial charge on any atom is 0.240 e. The zero-order valence-corrected chi connectivity index (χ0v) is 15.7. The predicted molar refractivity (Wildman–Crippen MR) is 98.7 cm³/mol. The van der Waals surface area contributed by atoms with Crippen molar-refractivity contribution in [2.75, 3.05) is 18.0 Å². The number of aryl methyl sites for hydroxylation is 1. The van der Waals surface area contributed by atoms with Gasteiger partial charge in [0.15, 0.2) is 5.78 Å². The fourth-order valence-electron chi connectivity index (χ4n) is 2.91. The van der Waals surface area contributed by atoms with Crippen molar-refractivity contribution in [2.45, 2.75) is 38.1 Å². The number of nitrogens with one attached hydrogen (secondary N) is 1. The number of carbonyl (C=O) groups is 1. The summed E-state index contributed by atoms with van der Waals surface area (Å²) < 4.78 is 27.4. The van der Waals surface area contributed by atoms with Crippen LogP contribution in [-0.4, -0.2) is 37.3 Å². The van der Waals surface area contributed by atoms with Gasteiger partial charge in [-0.1, -0.05) is 12.1 Å². The maximum atomic E-state index is 12.5. The molecule has 26 heavy (non-hydrogen) atoms. The molecule has 2 heterocycles. The summed E-state index contributed by atoms with van der Waals surface area (Å²) in [6, 6.07) is 7.78. The number of carbonyl (C=O) groups excluding carboxylic acids is 1. The van der Waals surface area contributed by atoms with E-state index >= 15 is 0 Å². The van der Waals surface area contributed by atoms with E-state index in [1.54, 1.807) is 0 Å². The van der Waals surface area contributed by atoms with Gasteiger partial charge in [-0.2, -0.15) is 0 Å². The molecule has 7 nitrogen and oxygen atoms in total. The van der Waals surface area contributed by atoms with Crippen LogP contribution in [0.3, 0.4) is 0 Å². The van der Waals surface area contributed by atoms with Gasteiger partial charge in [0, 0.05) is 30.4 Å². The molecule has 1 aromatic heterocycles. The van der Waals surface area contributed by atoms with Crippen LogP contribution in [-0.2, 0) is 16.6 Å². The molecule has 0 unspecified atom stereocenters. The lowest BCUT2D eigenvalue weighted by Crippen LogP contribution is -2.26. The van der Waals surface area contributed by atoms with Crippen molar-refractivity contribution in [3.63, 3.8) is 0 Å². The number of Topliss-reactive ketones (excluding diaryl/α,β-unsaturated/α-hetero) is 1. The van der Waals surface area contributed by atoms with E-state index in [0.717, 1.165) is 37.4 Å². The Balaban J connectivity index is 1.74. The molecule has 3 rings (SSSR count). The van der Waals surface area contributed by atoms with Gasteiger partial charge in [0.1, 0.15) is 11.6 Å². The molecule has 1 saturated heterocycles. The Bertz CT molecular complexity index is 905. The number of anilines is 1. The number of rotatable bonds is 6. The molecule has 2 aromatic rings. The summed E-state index contributed by atoms with van der Waals surface area (Å²) in [7, 11) is -3.70. The number of ketones is 1. The summed E-state index contributed by atoms with van der Waals surface area (Å²) in [6.45, 7) is 5.25. The first kappa shape index (κ1) is 18.5. The van der Waals surface area contributed by atoms with Crippen LogP contribution in [0.1, 0.15) is 41.6 Å². The van der Waals surface area contributed by atoms with Gasteiger partial charge < -0.3 is 4.90 Å². The smallest absolute Gasteiger partial charge is 0.240 e. The van der Waals surface area contributed by atoms with E-state index in [0.29, 0.717) is 11.4 Å². The van der Waals surface area contributed by atoms with Crippen LogP contribution in [0.4, 0.5) is 5.82 Å². The van der Waals surface area contributed by atoms with Gasteiger partial charge in [-0.25, -0.2) is 23.1 Å². The Morgan fingerprint density at radius 3 is 2.42 bits per heavy atom. The lowest BCUT2D eigenvalue weighted by molar-refractivity contribution is 0.101. The third-order valence-electron chi connectivity index (χ3n) is 4.31. The van der Waals surface area contributed by atoms with Gasteiger partial charge >= 0.3 is 0 Å². The molecule has 8 heteroatoms. The highest BCUT2D eigenvalue weighted by Gasteiger charge is 2.17. The second kappa shape index (κ2) is 7.51. The fraction of sp³-hybridized carbons (Fsp3) is 0.389. The van der Waals surface area contributed by atoms with Gasteiger partial charge in [0.2, 0.25) is 10.0 Å². The van der Waals surface area contributed by atoms with E-state index in [4.69, 9.17) is 0 Å². The highest BCUT2D eigenvalue weighted by Crippen LogP contribution is 2.19. The average molecular weight is 374 g/mol. The fourth-order valence-corrected chi connectivity index (χ4v) is 3.89. The summed E-state index contributed by atoms with van der Waals surface area (Å²) in [4.78, 5) is 22.4. The molecule has 0 bridgehead atoms. The number of hydrogen-bond acceptors (Lipinski definition) is 6. The third-order valence-corrected chi connectivity index (χ3v) is 5.73. The molecule has 138 valence electrons. The molecule has 1 aliphatic heterocycles. The average Bonchev–Trinajstić information content (AvgIpc) is 3.14. The molecule has 0 amide bonds. The van der Waals surface area contributed by atoms with E-state index in [1.165, 1.54) is 31.2 Å². The van der Waals surface area contributed by atoms with E-state index in [9.17, 15) is 13.2 Å². The molecule has 1 fully saturated rings. The van der Waals surface area contributed by atoms with Crippen LogP contribution in [0, 0.1) is 6.92 Å². The highest BCUT2D eigenvalue weighted by atomic mass is 32.2. The largest absolute Gasteiger partial charge is 0.357 e. The first-order valence-corrected chi connectivity index (χ1v) is 10.0. The SMILES string of the molecule is CC(=O)c1ccc(S(=O)(=O)NCc2nc(C)cc(N3CCCC3)n2)cc1. The van der Waals surface area contributed by atoms with Crippen LogP contribution in [0.5, 0.6) is 0 Å². The molecule has 0 spiro atoms. The van der Waals surface area contributed by atoms with Crippen LogP contribution in [0.25, 0.3) is 0 Å². The standard InChI is InChI=1S/C18H22N4O3S/c1-13-11-18(22-9-3-4-10-22)21-17(20-13)12-19-26(24,25)16-7-5-15(6-8-16)14(2)23/h5-8,11,19H,3-4,9-10,12H2,1-2H3. The predicted octanol–water partition coefficient (Wildman–Crippen LogP) is 2.07. The van der Waals surface area contributed by atoms with Gasteiger partial charge in [0.05, 0.1) is 11.4 Å². The monoisotopic (exact) mass is 374 g/mol. The molecule has 1 aromatic carbocycles. The number of nitrogens with zero attached hydrogens (tertiary/aromatic N) is 3. The summed E-state index contributed by atoms with van der Waals surface area (Å²) in [5.41, 5.74) is 1.28. The highest BCUT2D eigenvalue weighted by molar-refractivity contribution is 7.89. The molecular weight excluding hydrogens is 352 g/mol. The number of aromatic nitrogens is 2. The van der Waals surface area contributed by atoms with Crippen molar-refractivity contribution in [3.05, 3.63) is 47.4 Å². The summed E-state index contributed by atoms with van der Waals surface area (Å²) >= 11 is 0. The maximum absolute atomic E-state index is 12.5. The van der Waals surface area contributed by atoms with E-state index < -0.39 is 10.0 Å². The molecule has 0 saturated carbocycles. The van der Waals surface area contributed by atoms with Gasteiger partial charge in [0.25, 0.3) is 0 Å². The Morgan fingerprint density at radius 2 is 1.81 bits per heavy atom. The molecule has 0 atom stereocenters. The number of benzene rings is 1.